The number of hydrogen-bond donors (Lipinski definition) is 0. The van der Waals surface area contributed by atoms with Crippen molar-refractivity contribution in [3.63, 3.8) is 0 Å². The van der Waals surface area contributed by atoms with Crippen molar-refractivity contribution in [2.24, 2.45) is 0 Å². The topological polar surface area (TPSA) is 35.6 Å². The van der Waals surface area contributed by atoms with Gasteiger partial charge in [0.2, 0.25) is 5.95 Å². The Bertz CT molecular complexity index is 3850. The summed E-state index contributed by atoms with van der Waals surface area (Å²) in [5, 5.41) is 15.7. The smallest absolute Gasteiger partial charge is 0.235 e. The number of nitrogens with zero attached hydrogens (tertiary/aromatic N) is 4. The molecule has 0 saturated heterocycles. The predicted octanol–water partition coefficient (Wildman–Crippen LogP) is 14.1. The van der Waals surface area contributed by atoms with E-state index in [0.717, 1.165) is 44.3 Å². The van der Waals surface area contributed by atoms with E-state index in [1.54, 1.807) is 0 Å². The molecule has 268 valence electrons. The zero-order chi connectivity index (χ0) is 37.9. The Morgan fingerprint density at radius 2 is 0.862 bits per heavy atom. The Morgan fingerprint density at radius 3 is 1.62 bits per heavy atom. The second-order valence-corrected chi connectivity index (χ2v) is 15.3. The number of hydrogen-bond acceptors (Lipinski definition) is 2. The minimum absolute atomic E-state index is 0.656. The van der Waals surface area contributed by atoms with Gasteiger partial charge in [0.15, 0.2) is 0 Å². The Hall–Kier alpha value is -7.82. The van der Waals surface area contributed by atoms with Gasteiger partial charge in [-0.1, -0.05) is 164 Å². The van der Waals surface area contributed by atoms with Gasteiger partial charge in [-0.2, -0.15) is 0 Å². The molecule has 0 unspecified atom stereocenters. The van der Waals surface area contributed by atoms with E-state index in [1.807, 2.05) is 0 Å². The maximum absolute atomic E-state index is 5.47. The molecular formula is C54H32N4. The Kier molecular flexibility index (Phi) is 6.41. The molecule has 13 rings (SSSR count). The first-order chi connectivity index (χ1) is 28.8. The quantitative estimate of drug-likeness (QED) is 0.169. The average Bonchev–Trinajstić information content (AvgIpc) is 3.83. The lowest BCUT2D eigenvalue weighted by atomic mass is 9.90. The van der Waals surface area contributed by atoms with E-state index in [9.17, 15) is 0 Å². The minimum atomic E-state index is 0.656. The second-order valence-electron chi connectivity index (χ2n) is 15.3. The highest BCUT2D eigenvalue weighted by Crippen LogP contribution is 2.50. The van der Waals surface area contributed by atoms with Gasteiger partial charge in [0.1, 0.15) is 0 Å². The van der Waals surface area contributed by atoms with Gasteiger partial charge in [-0.05, 0) is 57.3 Å². The predicted molar refractivity (Wildman–Crippen MR) is 244 cm³/mol. The van der Waals surface area contributed by atoms with Gasteiger partial charge in [-0.15, -0.1) is 0 Å². The molecule has 3 aromatic heterocycles. The van der Waals surface area contributed by atoms with Crippen molar-refractivity contribution in [1.82, 2.24) is 19.1 Å². The van der Waals surface area contributed by atoms with Crippen LogP contribution in [0.1, 0.15) is 0 Å². The Labute approximate surface area is 332 Å². The first-order valence-corrected chi connectivity index (χ1v) is 19.8. The van der Waals surface area contributed by atoms with Gasteiger partial charge in [0, 0.05) is 54.3 Å². The van der Waals surface area contributed by atoms with Gasteiger partial charge in [0.05, 0.1) is 33.3 Å². The monoisotopic (exact) mass is 736 g/mol. The van der Waals surface area contributed by atoms with Crippen molar-refractivity contribution >= 4 is 97.6 Å². The third-order valence-corrected chi connectivity index (χ3v) is 12.2. The van der Waals surface area contributed by atoms with Crippen LogP contribution >= 0.6 is 0 Å². The van der Waals surface area contributed by atoms with Crippen LogP contribution in [0.25, 0.3) is 120 Å². The molecule has 0 bridgehead atoms. The molecule has 0 aliphatic rings. The standard InChI is InChI=1S/C54H32N4/c1-2-17-34(18-3-1)51-41-24-10-13-27-44(41)55-54(56-51)58-46-29-15-12-26-43(46)50-48-38-21-7-6-20-37(38)47-42-25-11-14-28-45(42)57(36-31-30-33-16-4-5-19-35(33)32-36)53(47)49(48)39-22-8-9-23-40(39)52(50)58/h1-32H. The summed E-state index contributed by atoms with van der Waals surface area (Å²) in [6, 6.07) is 70.0. The number of aromatic nitrogens is 4. The van der Waals surface area contributed by atoms with Crippen LogP contribution in [0, 0.1) is 0 Å². The fourth-order valence-electron chi connectivity index (χ4n) is 9.87. The molecule has 0 saturated carbocycles. The van der Waals surface area contributed by atoms with Crippen molar-refractivity contribution in [3.8, 4) is 22.9 Å². The fourth-order valence-corrected chi connectivity index (χ4v) is 9.87. The van der Waals surface area contributed by atoms with Gasteiger partial charge in [0.25, 0.3) is 0 Å². The SMILES string of the molecule is c1ccc(-c2nc(-n3c4ccccc4c4c5c6ccccc6c6c7ccccc7n(-c7ccc8ccccc8c7)c6c5c5ccccc5c43)nc3ccccc23)cc1. The van der Waals surface area contributed by atoms with Crippen LogP contribution < -0.4 is 0 Å². The summed E-state index contributed by atoms with van der Waals surface area (Å²) in [7, 11) is 0. The van der Waals surface area contributed by atoms with Crippen molar-refractivity contribution < 1.29 is 0 Å². The molecule has 0 fully saturated rings. The third-order valence-electron chi connectivity index (χ3n) is 12.2. The summed E-state index contributed by atoms with van der Waals surface area (Å²) < 4.78 is 4.84. The third kappa shape index (κ3) is 4.23. The van der Waals surface area contributed by atoms with E-state index >= 15 is 0 Å². The molecule has 3 heterocycles. The molecular weight excluding hydrogens is 705 g/mol. The number of para-hydroxylation sites is 3. The van der Waals surface area contributed by atoms with Crippen LogP contribution in [0.15, 0.2) is 194 Å². The van der Waals surface area contributed by atoms with Crippen molar-refractivity contribution in [2.75, 3.05) is 0 Å². The van der Waals surface area contributed by atoms with Gasteiger partial charge in [-0.3, -0.25) is 4.57 Å². The second kappa shape index (κ2) is 11.8. The maximum Gasteiger partial charge on any atom is 0.235 e. The summed E-state index contributed by atoms with van der Waals surface area (Å²) >= 11 is 0. The Morgan fingerprint density at radius 1 is 0.328 bits per heavy atom. The summed E-state index contributed by atoms with van der Waals surface area (Å²) in [5.41, 5.74) is 8.63. The molecule has 4 heteroatoms. The van der Waals surface area contributed by atoms with Crippen LogP contribution in [0.5, 0.6) is 0 Å². The summed E-state index contributed by atoms with van der Waals surface area (Å²) in [6.45, 7) is 0. The van der Waals surface area contributed by atoms with Crippen LogP contribution in [0.3, 0.4) is 0 Å². The summed E-state index contributed by atoms with van der Waals surface area (Å²) in [5.74, 6) is 0.656. The zero-order valence-corrected chi connectivity index (χ0v) is 31.3. The van der Waals surface area contributed by atoms with E-state index < -0.39 is 0 Å². The van der Waals surface area contributed by atoms with Crippen LogP contribution in [0.4, 0.5) is 0 Å². The van der Waals surface area contributed by atoms with Crippen molar-refractivity contribution in [1.29, 1.82) is 0 Å². The van der Waals surface area contributed by atoms with Crippen LogP contribution in [-0.2, 0) is 0 Å². The lowest BCUT2D eigenvalue weighted by molar-refractivity contribution is 1.02. The average molecular weight is 737 g/mol. The van der Waals surface area contributed by atoms with Crippen molar-refractivity contribution in [2.45, 2.75) is 0 Å². The minimum Gasteiger partial charge on any atom is -0.309 e. The molecule has 0 aliphatic heterocycles. The molecule has 13 aromatic rings. The first kappa shape index (κ1) is 31.4. The van der Waals surface area contributed by atoms with Crippen molar-refractivity contribution in [3.05, 3.63) is 194 Å². The lowest BCUT2D eigenvalue weighted by Crippen LogP contribution is -2.04. The highest BCUT2D eigenvalue weighted by atomic mass is 15.2. The summed E-state index contributed by atoms with van der Waals surface area (Å²) in [6.07, 6.45) is 0. The van der Waals surface area contributed by atoms with Crippen LogP contribution in [-0.4, -0.2) is 19.1 Å². The number of benzene rings is 10. The van der Waals surface area contributed by atoms with E-state index in [4.69, 9.17) is 9.97 Å². The number of fused-ring (bicyclic) bond motifs is 17. The van der Waals surface area contributed by atoms with Gasteiger partial charge < -0.3 is 4.57 Å². The molecule has 0 radical (unpaired) electrons. The summed E-state index contributed by atoms with van der Waals surface area (Å²) in [4.78, 5) is 10.8. The van der Waals surface area contributed by atoms with E-state index in [1.165, 1.54) is 70.3 Å². The first-order valence-electron chi connectivity index (χ1n) is 19.8. The number of rotatable bonds is 3. The Balaban J connectivity index is 1.29. The molecule has 58 heavy (non-hydrogen) atoms. The van der Waals surface area contributed by atoms with E-state index in [2.05, 4.69) is 203 Å². The normalized spacial score (nSPS) is 12.1. The van der Waals surface area contributed by atoms with Crippen LogP contribution in [0.2, 0.25) is 0 Å². The van der Waals surface area contributed by atoms with Gasteiger partial charge in [-0.25, -0.2) is 9.97 Å². The molecule has 0 N–H and O–H groups in total. The highest BCUT2D eigenvalue weighted by molar-refractivity contribution is 6.44. The fraction of sp³-hybridized carbons (Fsp3) is 0. The molecule has 0 spiro atoms. The molecule has 0 atom stereocenters. The lowest BCUT2D eigenvalue weighted by Gasteiger charge is -2.17. The molecule has 10 aromatic carbocycles. The highest BCUT2D eigenvalue weighted by Gasteiger charge is 2.26. The zero-order valence-electron chi connectivity index (χ0n) is 31.3. The molecule has 4 nitrogen and oxygen atoms in total. The van der Waals surface area contributed by atoms with E-state index in [-0.39, 0.29) is 0 Å². The largest absolute Gasteiger partial charge is 0.309 e. The molecule has 0 aliphatic carbocycles. The van der Waals surface area contributed by atoms with E-state index in [0.29, 0.717) is 5.95 Å². The molecule has 0 amide bonds. The van der Waals surface area contributed by atoms with Gasteiger partial charge >= 0.3 is 0 Å². The maximum atomic E-state index is 5.47.